The zero-order valence-corrected chi connectivity index (χ0v) is 12.8. The van der Waals surface area contributed by atoms with Crippen molar-refractivity contribution in [2.45, 2.75) is 12.8 Å². The minimum Gasteiger partial charge on any atom is -0.493 e. The van der Waals surface area contributed by atoms with Gasteiger partial charge in [0.05, 0.1) is 19.6 Å². The predicted octanol–water partition coefficient (Wildman–Crippen LogP) is 1.53. The molecule has 0 aromatic heterocycles. The molecule has 1 heterocycles. The van der Waals surface area contributed by atoms with E-state index >= 15 is 0 Å². The summed E-state index contributed by atoms with van der Waals surface area (Å²) < 4.78 is 10.9. The summed E-state index contributed by atoms with van der Waals surface area (Å²) in [5.74, 6) is 1.86. The number of carbonyl (C=O) groups is 1. The van der Waals surface area contributed by atoms with Gasteiger partial charge in [-0.3, -0.25) is 4.79 Å². The summed E-state index contributed by atoms with van der Waals surface area (Å²) in [6.07, 6.45) is 1.75. The van der Waals surface area contributed by atoms with Crippen LogP contribution < -0.4 is 14.8 Å². The number of amides is 1. The van der Waals surface area contributed by atoms with Gasteiger partial charge in [-0.05, 0) is 31.5 Å². The van der Waals surface area contributed by atoms with Crippen LogP contribution in [-0.4, -0.2) is 51.2 Å². The van der Waals surface area contributed by atoms with Crippen LogP contribution in [0.2, 0.25) is 0 Å². The summed E-state index contributed by atoms with van der Waals surface area (Å²) in [5, 5.41) is 3.22. The van der Waals surface area contributed by atoms with Gasteiger partial charge in [-0.15, -0.1) is 0 Å². The lowest BCUT2D eigenvalue weighted by Gasteiger charge is -2.20. The summed E-state index contributed by atoms with van der Waals surface area (Å²) in [7, 11) is 3.49. The standard InChI is InChI=1S/C16H24N2O3/c1-18(16(19)13-8-9-17-12-13)10-5-11-21-15-7-4-3-6-14(15)20-2/h3-4,6-7,13,17H,5,8-12H2,1-2H3/t13-/m0/s1. The van der Waals surface area contributed by atoms with Crippen molar-refractivity contribution in [2.75, 3.05) is 40.4 Å². The third-order valence-corrected chi connectivity index (χ3v) is 3.75. The van der Waals surface area contributed by atoms with Crippen LogP contribution in [-0.2, 0) is 4.79 Å². The third-order valence-electron chi connectivity index (χ3n) is 3.75. The highest BCUT2D eigenvalue weighted by molar-refractivity contribution is 5.79. The number of hydrogen-bond acceptors (Lipinski definition) is 4. The summed E-state index contributed by atoms with van der Waals surface area (Å²) in [6.45, 7) is 3.04. The van der Waals surface area contributed by atoms with Crippen molar-refractivity contribution in [3.63, 3.8) is 0 Å². The maximum absolute atomic E-state index is 12.1. The highest BCUT2D eigenvalue weighted by atomic mass is 16.5. The Balaban J connectivity index is 1.70. The molecule has 1 atom stereocenters. The van der Waals surface area contributed by atoms with E-state index in [1.807, 2.05) is 36.2 Å². The molecule has 0 saturated carbocycles. The molecule has 116 valence electrons. The van der Waals surface area contributed by atoms with E-state index in [0.29, 0.717) is 13.2 Å². The molecule has 0 radical (unpaired) electrons. The maximum Gasteiger partial charge on any atom is 0.226 e. The molecule has 1 saturated heterocycles. The zero-order chi connectivity index (χ0) is 15.1. The molecule has 0 bridgehead atoms. The summed E-state index contributed by atoms with van der Waals surface area (Å²) >= 11 is 0. The van der Waals surface area contributed by atoms with E-state index < -0.39 is 0 Å². The second-order valence-corrected chi connectivity index (χ2v) is 5.30. The van der Waals surface area contributed by atoms with E-state index in [1.165, 1.54) is 0 Å². The number of nitrogens with zero attached hydrogens (tertiary/aromatic N) is 1. The van der Waals surface area contributed by atoms with Crippen LogP contribution >= 0.6 is 0 Å². The van der Waals surface area contributed by atoms with Crippen molar-refractivity contribution >= 4 is 5.91 Å². The first kappa shape index (κ1) is 15.6. The Labute approximate surface area is 126 Å². The van der Waals surface area contributed by atoms with E-state index in [1.54, 1.807) is 7.11 Å². The highest BCUT2D eigenvalue weighted by Gasteiger charge is 2.24. The first-order valence-electron chi connectivity index (χ1n) is 7.44. The van der Waals surface area contributed by atoms with Crippen molar-refractivity contribution in [2.24, 2.45) is 5.92 Å². The van der Waals surface area contributed by atoms with E-state index in [9.17, 15) is 4.79 Å². The average Bonchev–Trinajstić information content (AvgIpc) is 3.05. The Hall–Kier alpha value is -1.75. The fourth-order valence-electron chi connectivity index (χ4n) is 2.51. The van der Waals surface area contributed by atoms with Crippen LogP contribution in [0.4, 0.5) is 0 Å². The Kier molecular flexibility index (Phi) is 5.87. The maximum atomic E-state index is 12.1. The number of rotatable bonds is 7. The van der Waals surface area contributed by atoms with Gasteiger partial charge in [-0.1, -0.05) is 12.1 Å². The second-order valence-electron chi connectivity index (χ2n) is 5.30. The number of hydrogen-bond donors (Lipinski definition) is 1. The lowest BCUT2D eigenvalue weighted by molar-refractivity contribution is -0.133. The van der Waals surface area contributed by atoms with Gasteiger partial charge < -0.3 is 19.7 Å². The molecule has 1 aliphatic heterocycles. The molecule has 0 unspecified atom stereocenters. The van der Waals surface area contributed by atoms with Gasteiger partial charge >= 0.3 is 0 Å². The zero-order valence-electron chi connectivity index (χ0n) is 12.8. The van der Waals surface area contributed by atoms with Crippen molar-refractivity contribution in [1.82, 2.24) is 10.2 Å². The van der Waals surface area contributed by atoms with Gasteiger partial charge in [-0.25, -0.2) is 0 Å². The Morgan fingerprint density at radius 2 is 2.14 bits per heavy atom. The van der Waals surface area contributed by atoms with Crippen LogP contribution in [0.25, 0.3) is 0 Å². The Morgan fingerprint density at radius 3 is 2.81 bits per heavy atom. The van der Waals surface area contributed by atoms with Crippen molar-refractivity contribution in [3.8, 4) is 11.5 Å². The largest absolute Gasteiger partial charge is 0.493 e. The minimum absolute atomic E-state index is 0.144. The van der Waals surface area contributed by atoms with E-state index in [4.69, 9.17) is 9.47 Å². The number of benzene rings is 1. The van der Waals surface area contributed by atoms with Gasteiger partial charge in [0.15, 0.2) is 11.5 Å². The number of methoxy groups -OCH3 is 1. The highest BCUT2D eigenvalue weighted by Crippen LogP contribution is 2.25. The number of ether oxygens (including phenoxy) is 2. The molecule has 1 amide bonds. The van der Waals surface area contributed by atoms with E-state index in [-0.39, 0.29) is 11.8 Å². The van der Waals surface area contributed by atoms with Crippen LogP contribution in [0.1, 0.15) is 12.8 Å². The average molecular weight is 292 g/mol. The quantitative estimate of drug-likeness (QED) is 0.774. The number of carbonyl (C=O) groups excluding carboxylic acids is 1. The Morgan fingerprint density at radius 1 is 1.38 bits per heavy atom. The monoisotopic (exact) mass is 292 g/mol. The summed E-state index contributed by atoms with van der Waals surface area (Å²) in [6, 6.07) is 7.59. The lowest BCUT2D eigenvalue weighted by atomic mass is 10.1. The number of para-hydroxylation sites is 2. The van der Waals surface area contributed by atoms with Crippen molar-refractivity contribution < 1.29 is 14.3 Å². The van der Waals surface area contributed by atoms with Gasteiger partial charge in [0.2, 0.25) is 5.91 Å². The van der Waals surface area contributed by atoms with E-state index in [0.717, 1.165) is 37.4 Å². The Bertz CT molecular complexity index is 459. The van der Waals surface area contributed by atoms with Gasteiger partial charge in [0.1, 0.15) is 0 Å². The summed E-state index contributed by atoms with van der Waals surface area (Å²) in [5.41, 5.74) is 0. The van der Waals surface area contributed by atoms with E-state index in [2.05, 4.69) is 5.32 Å². The minimum atomic E-state index is 0.144. The molecule has 1 aromatic carbocycles. The molecule has 1 aromatic rings. The second kappa shape index (κ2) is 7.88. The van der Waals surface area contributed by atoms with Crippen LogP contribution in [0.5, 0.6) is 11.5 Å². The fourth-order valence-corrected chi connectivity index (χ4v) is 2.51. The lowest BCUT2D eigenvalue weighted by Crippen LogP contribution is -2.35. The first-order valence-corrected chi connectivity index (χ1v) is 7.44. The fraction of sp³-hybridized carbons (Fsp3) is 0.562. The molecule has 1 fully saturated rings. The predicted molar refractivity (Wildman–Crippen MR) is 81.7 cm³/mol. The summed E-state index contributed by atoms with van der Waals surface area (Å²) in [4.78, 5) is 13.9. The SMILES string of the molecule is COc1ccccc1OCCCN(C)C(=O)[C@H]1CCNC1. The molecule has 5 heteroatoms. The molecular weight excluding hydrogens is 268 g/mol. The first-order chi connectivity index (χ1) is 10.2. The molecule has 5 nitrogen and oxygen atoms in total. The molecular formula is C16H24N2O3. The molecule has 0 spiro atoms. The van der Waals surface area contributed by atoms with Gasteiger partial charge in [-0.2, -0.15) is 0 Å². The molecule has 0 aliphatic carbocycles. The number of nitrogens with one attached hydrogen (secondary N) is 1. The molecule has 2 rings (SSSR count). The van der Waals surface area contributed by atoms with Crippen LogP contribution in [0.3, 0.4) is 0 Å². The third kappa shape index (κ3) is 4.36. The smallest absolute Gasteiger partial charge is 0.226 e. The topological polar surface area (TPSA) is 50.8 Å². The molecule has 1 aliphatic rings. The van der Waals surface area contributed by atoms with Crippen LogP contribution in [0, 0.1) is 5.92 Å². The molecule has 1 N–H and O–H groups in total. The normalized spacial score (nSPS) is 17.5. The molecule has 21 heavy (non-hydrogen) atoms. The van der Waals surface area contributed by atoms with Gasteiger partial charge in [0, 0.05) is 20.1 Å². The van der Waals surface area contributed by atoms with Gasteiger partial charge in [0.25, 0.3) is 0 Å². The van der Waals surface area contributed by atoms with Crippen LogP contribution in [0.15, 0.2) is 24.3 Å². The van der Waals surface area contributed by atoms with Crippen molar-refractivity contribution in [1.29, 1.82) is 0 Å². The van der Waals surface area contributed by atoms with Crippen molar-refractivity contribution in [3.05, 3.63) is 24.3 Å².